The van der Waals surface area contributed by atoms with E-state index in [0.29, 0.717) is 12.0 Å². The minimum Gasteiger partial charge on any atom is -0.338 e. The third-order valence-electron chi connectivity index (χ3n) is 6.29. The zero-order valence-electron chi connectivity index (χ0n) is 16.6. The van der Waals surface area contributed by atoms with E-state index in [1.165, 1.54) is 19.3 Å². The lowest BCUT2D eigenvalue weighted by Crippen LogP contribution is -2.45. The molecule has 2 atom stereocenters. The first-order valence-electron chi connectivity index (χ1n) is 10.6. The molecule has 1 N–H and O–H groups in total. The first-order valence-corrected chi connectivity index (χ1v) is 10.6. The Bertz CT molecular complexity index is 1010. The van der Waals surface area contributed by atoms with Gasteiger partial charge in [0.1, 0.15) is 0 Å². The van der Waals surface area contributed by atoms with E-state index in [9.17, 15) is 4.79 Å². The summed E-state index contributed by atoms with van der Waals surface area (Å²) in [4.78, 5) is 24.9. The van der Waals surface area contributed by atoms with Crippen molar-refractivity contribution < 1.29 is 4.79 Å². The summed E-state index contributed by atoms with van der Waals surface area (Å²) in [5.74, 6) is 0.669. The first kappa shape index (κ1) is 18.3. The number of benzene rings is 1. The normalized spacial score (nSPS) is 22.1. The minimum absolute atomic E-state index is 0.114. The molecule has 3 aromatic rings. The van der Waals surface area contributed by atoms with E-state index in [0.717, 1.165) is 53.9 Å². The Balaban J connectivity index is 1.50. The molecule has 0 radical (unpaired) electrons. The van der Waals surface area contributed by atoms with Gasteiger partial charge in [-0.1, -0.05) is 24.3 Å². The molecule has 2 saturated heterocycles. The fraction of sp³-hybridized carbons (Fsp3) is 0.375. The molecule has 29 heavy (non-hydrogen) atoms. The second-order valence-electron chi connectivity index (χ2n) is 8.14. The number of piperidine rings is 1. The summed E-state index contributed by atoms with van der Waals surface area (Å²) in [6.45, 7) is 2.78. The highest BCUT2D eigenvalue weighted by atomic mass is 16.2. The van der Waals surface area contributed by atoms with E-state index >= 15 is 0 Å². The quantitative estimate of drug-likeness (QED) is 0.742. The monoisotopic (exact) mass is 386 g/mol. The Morgan fingerprint density at radius 2 is 1.93 bits per heavy atom. The third kappa shape index (κ3) is 3.62. The van der Waals surface area contributed by atoms with E-state index in [4.69, 9.17) is 4.98 Å². The van der Waals surface area contributed by atoms with Gasteiger partial charge < -0.3 is 10.2 Å². The van der Waals surface area contributed by atoms with Crippen LogP contribution < -0.4 is 5.32 Å². The molecule has 5 heteroatoms. The van der Waals surface area contributed by atoms with Gasteiger partial charge in [-0.05, 0) is 62.4 Å². The summed E-state index contributed by atoms with van der Waals surface area (Å²) in [7, 11) is 0. The SMILES string of the molecule is O=C(c1cc(-c2ccccn2)nc2ccccc12)N1CCCC(C2CCCN2)C1. The fourth-order valence-corrected chi connectivity index (χ4v) is 4.80. The molecule has 4 heterocycles. The van der Waals surface area contributed by atoms with E-state index in [-0.39, 0.29) is 5.91 Å². The molecular formula is C24H26N4O. The highest BCUT2D eigenvalue weighted by molar-refractivity contribution is 6.07. The molecule has 0 bridgehead atoms. The van der Waals surface area contributed by atoms with E-state index < -0.39 is 0 Å². The molecule has 2 unspecified atom stereocenters. The fourth-order valence-electron chi connectivity index (χ4n) is 4.80. The summed E-state index contributed by atoms with van der Waals surface area (Å²) in [6.07, 6.45) is 6.52. The predicted octanol–water partition coefficient (Wildman–Crippen LogP) is 3.90. The van der Waals surface area contributed by atoms with Gasteiger partial charge in [-0.25, -0.2) is 4.98 Å². The van der Waals surface area contributed by atoms with Gasteiger partial charge in [-0.2, -0.15) is 0 Å². The Labute approximate surface area is 171 Å². The summed E-state index contributed by atoms with van der Waals surface area (Å²) in [6, 6.07) is 16.2. The number of nitrogens with zero attached hydrogens (tertiary/aromatic N) is 3. The predicted molar refractivity (Wildman–Crippen MR) is 115 cm³/mol. The average molecular weight is 386 g/mol. The van der Waals surface area contributed by atoms with Crippen molar-refractivity contribution in [1.82, 2.24) is 20.2 Å². The number of para-hydroxylation sites is 1. The van der Waals surface area contributed by atoms with Crippen molar-refractivity contribution >= 4 is 16.8 Å². The van der Waals surface area contributed by atoms with Crippen molar-refractivity contribution in [2.24, 2.45) is 5.92 Å². The van der Waals surface area contributed by atoms with Gasteiger partial charge in [-0.15, -0.1) is 0 Å². The molecule has 148 valence electrons. The maximum absolute atomic E-state index is 13.6. The van der Waals surface area contributed by atoms with Crippen LogP contribution in [-0.4, -0.2) is 46.5 Å². The van der Waals surface area contributed by atoms with Crippen molar-refractivity contribution in [2.75, 3.05) is 19.6 Å². The van der Waals surface area contributed by atoms with Crippen LogP contribution in [0.15, 0.2) is 54.7 Å². The smallest absolute Gasteiger partial charge is 0.254 e. The topological polar surface area (TPSA) is 58.1 Å². The maximum Gasteiger partial charge on any atom is 0.254 e. The number of aromatic nitrogens is 2. The van der Waals surface area contributed by atoms with Crippen LogP contribution in [0, 0.1) is 5.92 Å². The van der Waals surface area contributed by atoms with Crippen LogP contribution in [0.1, 0.15) is 36.0 Å². The summed E-state index contributed by atoms with van der Waals surface area (Å²) < 4.78 is 0. The number of rotatable bonds is 3. The molecule has 2 aromatic heterocycles. The van der Waals surface area contributed by atoms with Gasteiger partial charge in [0.2, 0.25) is 0 Å². The summed E-state index contributed by atoms with van der Waals surface area (Å²) in [5.41, 5.74) is 3.11. The standard InChI is InChI=1S/C24H26N4O/c29-24(28-14-6-7-17(16-28)20-11-5-13-25-20)19-15-23(22-10-3-4-12-26-22)27-21-9-2-1-8-18(19)21/h1-4,8-10,12,15,17,20,25H,5-7,11,13-14,16H2. The highest BCUT2D eigenvalue weighted by Gasteiger charge is 2.31. The van der Waals surface area contributed by atoms with Gasteiger partial charge in [0.25, 0.3) is 5.91 Å². The molecule has 0 saturated carbocycles. The van der Waals surface area contributed by atoms with Crippen molar-refractivity contribution in [1.29, 1.82) is 0 Å². The molecule has 5 rings (SSSR count). The van der Waals surface area contributed by atoms with Crippen LogP contribution >= 0.6 is 0 Å². The van der Waals surface area contributed by atoms with Gasteiger partial charge in [0.15, 0.2) is 0 Å². The van der Waals surface area contributed by atoms with Gasteiger partial charge in [0.05, 0.1) is 22.5 Å². The molecule has 0 aliphatic carbocycles. The molecule has 0 spiro atoms. The van der Waals surface area contributed by atoms with Crippen LogP contribution in [0.4, 0.5) is 0 Å². The van der Waals surface area contributed by atoms with Crippen LogP contribution in [0.2, 0.25) is 0 Å². The summed E-state index contributed by atoms with van der Waals surface area (Å²) in [5, 5.41) is 4.54. The second-order valence-corrected chi connectivity index (χ2v) is 8.14. The van der Waals surface area contributed by atoms with E-state index in [2.05, 4.69) is 15.2 Å². The van der Waals surface area contributed by atoms with Gasteiger partial charge in [-0.3, -0.25) is 9.78 Å². The van der Waals surface area contributed by atoms with Crippen molar-refractivity contribution in [3.63, 3.8) is 0 Å². The molecule has 5 nitrogen and oxygen atoms in total. The lowest BCUT2D eigenvalue weighted by atomic mass is 9.89. The van der Waals surface area contributed by atoms with Crippen LogP contribution in [-0.2, 0) is 0 Å². The molecule has 2 fully saturated rings. The van der Waals surface area contributed by atoms with Crippen molar-refractivity contribution in [2.45, 2.75) is 31.7 Å². The van der Waals surface area contributed by atoms with E-state index in [1.54, 1.807) is 6.20 Å². The number of likely N-dealkylation sites (tertiary alicyclic amines) is 1. The molecular weight excluding hydrogens is 360 g/mol. The highest BCUT2D eigenvalue weighted by Crippen LogP contribution is 2.29. The number of pyridine rings is 2. The number of carbonyl (C=O) groups excluding carboxylic acids is 1. The summed E-state index contributed by atoms with van der Waals surface area (Å²) >= 11 is 0. The Kier molecular flexibility index (Phi) is 4.98. The number of hydrogen-bond donors (Lipinski definition) is 1. The number of amides is 1. The van der Waals surface area contributed by atoms with E-state index in [1.807, 2.05) is 48.5 Å². The lowest BCUT2D eigenvalue weighted by Gasteiger charge is -2.36. The maximum atomic E-state index is 13.6. The van der Waals surface area contributed by atoms with Crippen LogP contribution in [0.5, 0.6) is 0 Å². The van der Waals surface area contributed by atoms with Crippen LogP contribution in [0.25, 0.3) is 22.3 Å². The zero-order chi connectivity index (χ0) is 19.6. The van der Waals surface area contributed by atoms with Gasteiger partial charge in [0, 0.05) is 30.7 Å². The number of carbonyl (C=O) groups is 1. The van der Waals surface area contributed by atoms with Crippen LogP contribution in [0.3, 0.4) is 0 Å². The number of nitrogens with one attached hydrogen (secondary N) is 1. The third-order valence-corrected chi connectivity index (χ3v) is 6.29. The lowest BCUT2D eigenvalue weighted by molar-refractivity contribution is 0.0653. The van der Waals surface area contributed by atoms with Crippen molar-refractivity contribution in [3.05, 3.63) is 60.3 Å². The minimum atomic E-state index is 0.114. The Morgan fingerprint density at radius 1 is 1.03 bits per heavy atom. The zero-order valence-corrected chi connectivity index (χ0v) is 16.6. The number of hydrogen-bond acceptors (Lipinski definition) is 4. The molecule has 1 aromatic carbocycles. The molecule has 2 aliphatic rings. The number of fused-ring (bicyclic) bond motifs is 1. The first-order chi connectivity index (χ1) is 14.3. The molecule has 2 aliphatic heterocycles. The average Bonchev–Trinajstić information content (AvgIpc) is 3.34. The van der Waals surface area contributed by atoms with Gasteiger partial charge >= 0.3 is 0 Å². The second kappa shape index (κ2) is 7.91. The molecule has 1 amide bonds. The van der Waals surface area contributed by atoms with Crippen molar-refractivity contribution in [3.8, 4) is 11.4 Å². The largest absolute Gasteiger partial charge is 0.338 e. The Hall–Kier alpha value is -2.79. The Morgan fingerprint density at radius 3 is 2.76 bits per heavy atom.